The van der Waals surface area contributed by atoms with Gasteiger partial charge in [0.15, 0.2) is 5.76 Å². The van der Waals surface area contributed by atoms with Gasteiger partial charge in [-0.15, -0.1) is 0 Å². The SMILES string of the molecule is CC1C=C(C2C=C(c3ccco3)N(Cc3ccccc3F)N2)NCC1. The van der Waals surface area contributed by atoms with Gasteiger partial charge in [-0.05, 0) is 36.6 Å². The fourth-order valence-corrected chi connectivity index (χ4v) is 3.36. The monoisotopic (exact) mass is 339 g/mol. The van der Waals surface area contributed by atoms with Crippen LogP contribution in [-0.2, 0) is 6.54 Å². The minimum Gasteiger partial charge on any atom is -0.463 e. The molecule has 2 aromatic rings. The van der Waals surface area contributed by atoms with Crippen molar-refractivity contribution in [2.75, 3.05) is 6.54 Å². The Kier molecular flexibility index (Phi) is 4.32. The average Bonchev–Trinajstić information content (AvgIpc) is 3.26. The number of allylic oxidation sites excluding steroid dienone is 1. The highest BCUT2D eigenvalue weighted by molar-refractivity contribution is 5.63. The summed E-state index contributed by atoms with van der Waals surface area (Å²) >= 11 is 0. The molecular weight excluding hydrogens is 317 g/mol. The van der Waals surface area contributed by atoms with Crippen molar-refractivity contribution in [3.8, 4) is 0 Å². The van der Waals surface area contributed by atoms with Crippen LogP contribution in [0.15, 0.2) is 64.9 Å². The highest BCUT2D eigenvalue weighted by atomic mass is 19.1. The van der Waals surface area contributed by atoms with Gasteiger partial charge in [-0.2, -0.15) is 0 Å². The smallest absolute Gasteiger partial charge is 0.151 e. The van der Waals surface area contributed by atoms with Gasteiger partial charge >= 0.3 is 0 Å². The van der Waals surface area contributed by atoms with Crippen LogP contribution in [0.25, 0.3) is 5.70 Å². The van der Waals surface area contributed by atoms with Gasteiger partial charge in [-0.1, -0.05) is 31.2 Å². The highest BCUT2D eigenvalue weighted by Gasteiger charge is 2.29. The first-order valence-electron chi connectivity index (χ1n) is 8.69. The molecule has 0 spiro atoms. The first kappa shape index (κ1) is 16.0. The van der Waals surface area contributed by atoms with Gasteiger partial charge in [-0.3, -0.25) is 5.01 Å². The largest absolute Gasteiger partial charge is 0.463 e. The maximum atomic E-state index is 14.1. The number of hydrazine groups is 1. The summed E-state index contributed by atoms with van der Waals surface area (Å²) in [5, 5.41) is 5.44. The van der Waals surface area contributed by atoms with Gasteiger partial charge in [-0.25, -0.2) is 9.82 Å². The van der Waals surface area contributed by atoms with Crippen molar-refractivity contribution in [1.82, 2.24) is 15.8 Å². The molecule has 2 N–H and O–H groups in total. The van der Waals surface area contributed by atoms with Crippen molar-refractivity contribution >= 4 is 5.70 Å². The van der Waals surface area contributed by atoms with E-state index >= 15 is 0 Å². The number of benzene rings is 1. The predicted octanol–water partition coefficient (Wildman–Crippen LogP) is 3.66. The zero-order valence-corrected chi connectivity index (χ0v) is 14.2. The van der Waals surface area contributed by atoms with Crippen LogP contribution in [0, 0.1) is 11.7 Å². The number of halogens is 1. The molecule has 0 fully saturated rings. The third-order valence-corrected chi connectivity index (χ3v) is 4.70. The van der Waals surface area contributed by atoms with E-state index in [0.717, 1.165) is 24.4 Å². The maximum absolute atomic E-state index is 14.1. The van der Waals surface area contributed by atoms with Crippen LogP contribution in [-0.4, -0.2) is 17.6 Å². The van der Waals surface area contributed by atoms with Gasteiger partial charge in [0.1, 0.15) is 5.82 Å². The first-order valence-corrected chi connectivity index (χ1v) is 8.69. The lowest BCUT2D eigenvalue weighted by Gasteiger charge is -2.27. The third kappa shape index (κ3) is 3.33. The van der Waals surface area contributed by atoms with E-state index in [1.165, 1.54) is 11.8 Å². The summed E-state index contributed by atoms with van der Waals surface area (Å²) < 4.78 is 19.7. The van der Waals surface area contributed by atoms with Crippen LogP contribution < -0.4 is 10.7 Å². The molecule has 4 rings (SSSR count). The van der Waals surface area contributed by atoms with Gasteiger partial charge in [0.25, 0.3) is 0 Å². The van der Waals surface area contributed by atoms with Crippen LogP contribution in [0.3, 0.4) is 0 Å². The lowest BCUT2D eigenvalue weighted by molar-refractivity contribution is 0.278. The van der Waals surface area contributed by atoms with Gasteiger partial charge < -0.3 is 9.73 Å². The number of nitrogens with one attached hydrogen (secondary N) is 2. The lowest BCUT2D eigenvalue weighted by Crippen LogP contribution is -2.41. The molecule has 5 heteroatoms. The summed E-state index contributed by atoms with van der Waals surface area (Å²) in [6, 6.07) is 10.7. The molecule has 130 valence electrons. The van der Waals surface area contributed by atoms with Crippen LogP contribution in [0.1, 0.15) is 24.7 Å². The van der Waals surface area contributed by atoms with Crippen molar-refractivity contribution in [3.63, 3.8) is 0 Å². The Bertz CT molecular complexity index is 797. The Hall–Kier alpha value is -2.53. The molecule has 2 aliphatic heterocycles. The molecule has 2 unspecified atom stereocenters. The number of furan rings is 1. The molecule has 25 heavy (non-hydrogen) atoms. The van der Waals surface area contributed by atoms with E-state index in [2.05, 4.69) is 29.8 Å². The van der Waals surface area contributed by atoms with Gasteiger partial charge in [0.05, 0.1) is 24.5 Å². The Labute approximate surface area is 147 Å². The number of nitrogens with zero attached hydrogens (tertiary/aromatic N) is 1. The van der Waals surface area contributed by atoms with Crippen molar-refractivity contribution in [2.45, 2.75) is 25.9 Å². The normalized spacial score (nSPS) is 23.2. The molecule has 0 amide bonds. The third-order valence-electron chi connectivity index (χ3n) is 4.70. The lowest BCUT2D eigenvalue weighted by atomic mass is 10.00. The molecule has 2 atom stereocenters. The molecule has 4 nitrogen and oxygen atoms in total. The molecule has 0 aliphatic carbocycles. The van der Waals surface area contributed by atoms with Crippen molar-refractivity contribution in [2.24, 2.45) is 5.92 Å². The summed E-state index contributed by atoms with van der Waals surface area (Å²) in [5.74, 6) is 1.13. The Morgan fingerprint density at radius 2 is 2.08 bits per heavy atom. The molecule has 2 aliphatic rings. The zero-order valence-electron chi connectivity index (χ0n) is 14.2. The Balaban J connectivity index is 1.62. The second-order valence-electron chi connectivity index (χ2n) is 6.63. The van der Waals surface area contributed by atoms with Crippen LogP contribution >= 0.6 is 0 Å². The number of rotatable bonds is 4. The molecule has 1 aromatic heterocycles. The standard InChI is InChI=1S/C20H22FN3O/c1-14-8-9-22-17(11-14)18-12-19(20-7-4-10-25-20)24(23-18)13-15-5-2-3-6-16(15)21/h2-7,10-12,14,18,22-23H,8-9,13H2,1H3. The molecule has 0 radical (unpaired) electrons. The fraction of sp³-hybridized carbons (Fsp3) is 0.300. The van der Waals surface area contributed by atoms with Crippen molar-refractivity contribution in [1.29, 1.82) is 0 Å². The highest BCUT2D eigenvalue weighted by Crippen LogP contribution is 2.29. The first-order chi connectivity index (χ1) is 12.2. The van der Waals surface area contributed by atoms with Crippen molar-refractivity contribution < 1.29 is 8.81 Å². The summed E-state index contributed by atoms with van der Waals surface area (Å²) in [4.78, 5) is 0. The summed E-state index contributed by atoms with van der Waals surface area (Å²) in [6.45, 7) is 3.63. The second kappa shape index (κ2) is 6.76. The van der Waals surface area contributed by atoms with E-state index in [1.54, 1.807) is 12.3 Å². The molecule has 1 aromatic carbocycles. The van der Waals surface area contributed by atoms with Crippen molar-refractivity contribution in [3.05, 3.63) is 77.7 Å². The van der Waals surface area contributed by atoms with Crippen LogP contribution in [0.4, 0.5) is 4.39 Å². The molecule has 0 saturated heterocycles. The molecule has 0 bridgehead atoms. The quantitative estimate of drug-likeness (QED) is 0.892. The minimum absolute atomic E-state index is 0.0367. The van der Waals surface area contributed by atoms with Crippen LogP contribution in [0.5, 0.6) is 0 Å². The molecule has 3 heterocycles. The summed E-state index contributed by atoms with van der Waals surface area (Å²) in [5.41, 5.74) is 6.22. The minimum atomic E-state index is -0.199. The second-order valence-corrected chi connectivity index (χ2v) is 6.63. The predicted molar refractivity (Wildman–Crippen MR) is 95.4 cm³/mol. The van der Waals surface area contributed by atoms with E-state index < -0.39 is 0 Å². The van der Waals surface area contributed by atoms with E-state index in [9.17, 15) is 4.39 Å². The van der Waals surface area contributed by atoms with E-state index in [0.29, 0.717) is 18.0 Å². The Morgan fingerprint density at radius 1 is 1.20 bits per heavy atom. The fourth-order valence-electron chi connectivity index (χ4n) is 3.36. The van der Waals surface area contributed by atoms with E-state index in [1.807, 2.05) is 29.3 Å². The molecular formula is C20H22FN3O. The topological polar surface area (TPSA) is 40.4 Å². The molecule has 0 saturated carbocycles. The van der Waals surface area contributed by atoms with E-state index in [-0.39, 0.29) is 11.9 Å². The van der Waals surface area contributed by atoms with Gasteiger partial charge in [0.2, 0.25) is 0 Å². The number of hydrogen-bond acceptors (Lipinski definition) is 4. The maximum Gasteiger partial charge on any atom is 0.151 e. The average molecular weight is 339 g/mol. The van der Waals surface area contributed by atoms with E-state index in [4.69, 9.17) is 4.42 Å². The number of hydrogen-bond donors (Lipinski definition) is 2. The summed E-state index contributed by atoms with van der Waals surface area (Å²) in [7, 11) is 0. The zero-order chi connectivity index (χ0) is 17.2. The summed E-state index contributed by atoms with van der Waals surface area (Å²) in [6.07, 6.45) is 7.20. The van der Waals surface area contributed by atoms with Gasteiger partial charge in [0, 0.05) is 17.8 Å². The van der Waals surface area contributed by atoms with Crippen LogP contribution in [0.2, 0.25) is 0 Å². The Morgan fingerprint density at radius 3 is 2.84 bits per heavy atom.